The van der Waals surface area contributed by atoms with Gasteiger partial charge in [-0.15, -0.1) is 0 Å². The highest BCUT2D eigenvalue weighted by molar-refractivity contribution is 7.92. The third-order valence-electron chi connectivity index (χ3n) is 2.73. The number of nitrogens with one attached hydrogen (secondary N) is 1. The molecule has 0 saturated carbocycles. The lowest BCUT2D eigenvalue weighted by Gasteiger charge is -2.09. The summed E-state index contributed by atoms with van der Waals surface area (Å²) >= 11 is 5.79. The van der Waals surface area contributed by atoms with Gasteiger partial charge in [-0.05, 0) is 30.3 Å². The van der Waals surface area contributed by atoms with E-state index in [9.17, 15) is 18.5 Å². The Morgan fingerprint density at radius 1 is 1.23 bits per heavy atom. The van der Waals surface area contributed by atoms with Crippen LogP contribution in [0.25, 0.3) is 0 Å². The third-order valence-corrected chi connectivity index (χ3v) is 4.35. The summed E-state index contributed by atoms with van der Waals surface area (Å²) in [6, 6.07) is 9.50. The quantitative estimate of drug-likeness (QED) is 0.665. The first-order valence-electron chi connectivity index (χ1n) is 5.94. The molecule has 7 nitrogen and oxygen atoms in total. The van der Waals surface area contributed by atoms with Gasteiger partial charge in [0.15, 0.2) is 5.75 Å². The van der Waals surface area contributed by atoms with Gasteiger partial charge in [0.2, 0.25) is 0 Å². The Bertz CT molecular complexity index is 823. The largest absolute Gasteiger partial charge is 0.490 e. The Hall–Kier alpha value is -2.32. The van der Waals surface area contributed by atoms with Gasteiger partial charge in [-0.2, -0.15) is 0 Å². The second-order valence-electron chi connectivity index (χ2n) is 4.21. The average molecular weight is 343 g/mol. The molecule has 0 bridgehead atoms. The van der Waals surface area contributed by atoms with Crippen LogP contribution in [-0.2, 0) is 10.0 Å². The van der Waals surface area contributed by atoms with Crippen molar-refractivity contribution >= 4 is 33.0 Å². The minimum absolute atomic E-state index is 0.0216. The Kier molecular flexibility index (Phi) is 4.53. The number of sulfonamides is 1. The van der Waals surface area contributed by atoms with Gasteiger partial charge in [0.1, 0.15) is 0 Å². The Morgan fingerprint density at radius 3 is 2.55 bits per heavy atom. The number of methoxy groups -OCH3 is 1. The highest BCUT2D eigenvalue weighted by Gasteiger charge is 2.22. The number of anilines is 1. The lowest BCUT2D eigenvalue weighted by molar-refractivity contribution is -0.386. The number of hydrogen-bond acceptors (Lipinski definition) is 5. The van der Waals surface area contributed by atoms with E-state index in [1.54, 1.807) is 12.1 Å². The van der Waals surface area contributed by atoms with Crippen LogP contribution in [0.2, 0.25) is 5.02 Å². The number of hydrogen-bond donors (Lipinski definition) is 1. The zero-order valence-electron chi connectivity index (χ0n) is 11.3. The van der Waals surface area contributed by atoms with Gasteiger partial charge in [0, 0.05) is 11.1 Å². The molecule has 2 aromatic carbocycles. The van der Waals surface area contributed by atoms with Crippen molar-refractivity contribution in [3.63, 3.8) is 0 Å². The summed E-state index contributed by atoms with van der Waals surface area (Å²) in [7, 11) is -2.72. The third kappa shape index (κ3) is 3.46. The molecule has 0 fully saturated rings. The van der Waals surface area contributed by atoms with Gasteiger partial charge < -0.3 is 4.74 Å². The summed E-state index contributed by atoms with van der Waals surface area (Å²) in [5, 5.41) is 11.3. The van der Waals surface area contributed by atoms with Crippen molar-refractivity contribution in [2.75, 3.05) is 11.8 Å². The molecule has 0 aliphatic heterocycles. The molecule has 0 saturated heterocycles. The van der Waals surface area contributed by atoms with Crippen molar-refractivity contribution in [3.05, 3.63) is 57.6 Å². The zero-order chi connectivity index (χ0) is 16.3. The summed E-state index contributed by atoms with van der Waals surface area (Å²) in [5.74, 6) is -0.0216. The maximum atomic E-state index is 12.3. The van der Waals surface area contributed by atoms with E-state index in [0.717, 1.165) is 6.07 Å². The van der Waals surface area contributed by atoms with Crippen molar-refractivity contribution in [2.45, 2.75) is 4.90 Å². The number of halogens is 1. The van der Waals surface area contributed by atoms with E-state index >= 15 is 0 Å². The second-order valence-corrected chi connectivity index (χ2v) is 6.33. The normalized spacial score (nSPS) is 11.0. The van der Waals surface area contributed by atoms with E-state index in [4.69, 9.17) is 16.3 Å². The number of nitro groups is 1. The molecule has 0 aliphatic rings. The molecule has 116 valence electrons. The molecule has 22 heavy (non-hydrogen) atoms. The molecule has 0 aromatic heterocycles. The predicted octanol–water partition coefficient (Wildman–Crippen LogP) is 3.06. The fourth-order valence-corrected chi connectivity index (χ4v) is 3.01. The number of nitrogens with zero attached hydrogens (tertiary/aromatic N) is 1. The van der Waals surface area contributed by atoms with E-state index in [2.05, 4.69) is 4.72 Å². The van der Waals surface area contributed by atoms with Crippen molar-refractivity contribution in [1.82, 2.24) is 0 Å². The molecule has 0 heterocycles. The average Bonchev–Trinajstić information content (AvgIpc) is 2.46. The highest BCUT2D eigenvalue weighted by Crippen LogP contribution is 2.30. The van der Waals surface area contributed by atoms with E-state index in [0.29, 0.717) is 5.02 Å². The fraction of sp³-hybridized carbons (Fsp3) is 0.0769. The van der Waals surface area contributed by atoms with E-state index < -0.39 is 20.6 Å². The van der Waals surface area contributed by atoms with Crippen LogP contribution in [0.3, 0.4) is 0 Å². The van der Waals surface area contributed by atoms with Crippen LogP contribution in [0.4, 0.5) is 11.4 Å². The molecule has 0 radical (unpaired) electrons. The number of rotatable bonds is 5. The minimum Gasteiger partial charge on any atom is -0.490 e. The molecule has 0 amide bonds. The van der Waals surface area contributed by atoms with Crippen molar-refractivity contribution in [1.29, 1.82) is 0 Å². The van der Waals surface area contributed by atoms with E-state index in [1.807, 2.05) is 0 Å². The van der Waals surface area contributed by atoms with Crippen LogP contribution in [0, 0.1) is 10.1 Å². The molecule has 0 aliphatic carbocycles. The van der Waals surface area contributed by atoms with Crippen LogP contribution >= 0.6 is 11.6 Å². The SMILES string of the molecule is COc1ccc(S(=O)(=O)Nc2cccc(Cl)c2)cc1[N+](=O)[O-]. The molecule has 0 unspecified atom stereocenters. The first-order chi connectivity index (χ1) is 10.3. The molecular formula is C13H11ClN2O5S. The van der Waals surface area contributed by atoms with Crippen LogP contribution < -0.4 is 9.46 Å². The lowest BCUT2D eigenvalue weighted by Crippen LogP contribution is -2.13. The molecule has 2 aromatic rings. The van der Waals surface area contributed by atoms with Crippen LogP contribution in [0.15, 0.2) is 47.4 Å². The summed E-state index contributed by atoms with van der Waals surface area (Å²) in [6.45, 7) is 0. The van der Waals surface area contributed by atoms with E-state index in [-0.39, 0.29) is 16.3 Å². The monoisotopic (exact) mass is 342 g/mol. The topological polar surface area (TPSA) is 98.5 Å². The fourth-order valence-electron chi connectivity index (χ4n) is 1.75. The van der Waals surface area contributed by atoms with Gasteiger partial charge in [-0.1, -0.05) is 17.7 Å². The van der Waals surface area contributed by atoms with Crippen LogP contribution in [0.5, 0.6) is 5.75 Å². The summed E-state index contributed by atoms with van der Waals surface area (Å²) < 4.78 is 31.7. The Balaban J connectivity index is 2.41. The molecular weight excluding hydrogens is 332 g/mol. The van der Waals surface area contributed by atoms with Crippen molar-refractivity contribution in [3.8, 4) is 5.75 Å². The van der Waals surface area contributed by atoms with Crippen molar-refractivity contribution in [2.24, 2.45) is 0 Å². The first-order valence-corrected chi connectivity index (χ1v) is 7.80. The zero-order valence-corrected chi connectivity index (χ0v) is 12.9. The molecule has 2 rings (SSSR count). The number of ether oxygens (including phenoxy) is 1. The van der Waals surface area contributed by atoms with Gasteiger partial charge in [-0.3, -0.25) is 14.8 Å². The van der Waals surface area contributed by atoms with Crippen molar-refractivity contribution < 1.29 is 18.1 Å². The molecule has 0 atom stereocenters. The Morgan fingerprint density at radius 2 is 1.95 bits per heavy atom. The van der Waals surface area contributed by atoms with Crippen LogP contribution in [0.1, 0.15) is 0 Å². The molecule has 1 N–H and O–H groups in total. The van der Waals surface area contributed by atoms with Gasteiger partial charge in [-0.25, -0.2) is 8.42 Å². The minimum atomic E-state index is -3.98. The van der Waals surface area contributed by atoms with Crippen LogP contribution in [-0.4, -0.2) is 20.5 Å². The highest BCUT2D eigenvalue weighted by atomic mass is 35.5. The summed E-state index contributed by atoms with van der Waals surface area (Å²) in [5.41, 5.74) is -0.178. The summed E-state index contributed by atoms with van der Waals surface area (Å²) in [6.07, 6.45) is 0. The van der Waals surface area contributed by atoms with Gasteiger partial charge in [0.25, 0.3) is 10.0 Å². The molecule has 0 spiro atoms. The van der Waals surface area contributed by atoms with Gasteiger partial charge in [0.05, 0.1) is 22.6 Å². The maximum Gasteiger partial charge on any atom is 0.312 e. The smallest absolute Gasteiger partial charge is 0.312 e. The standard InChI is InChI=1S/C13H11ClN2O5S/c1-21-13-6-5-11(8-12(13)16(17)18)22(19,20)15-10-4-2-3-9(14)7-10/h2-8,15H,1H3. The lowest BCUT2D eigenvalue weighted by atomic mass is 10.3. The van der Waals surface area contributed by atoms with Gasteiger partial charge >= 0.3 is 5.69 Å². The summed E-state index contributed by atoms with van der Waals surface area (Å²) in [4.78, 5) is 9.99. The second kappa shape index (κ2) is 6.20. The number of benzene rings is 2. The van der Waals surface area contributed by atoms with E-state index in [1.165, 1.54) is 31.4 Å². The Labute approximate surface area is 131 Å². The number of nitro benzene ring substituents is 1. The maximum absolute atomic E-state index is 12.3. The predicted molar refractivity (Wildman–Crippen MR) is 81.9 cm³/mol. The molecule has 9 heteroatoms. The first kappa shape index (κ1) is 16.1.